The molecule has 2 aliphatic heterocycles. The molecule has 0 amide bonds. The van der Waals surface area contributed by atoms with Gasteiger partial charge in [0.05, 0.1) is 4.11 Å². The molecule has 0 unspecified atom stereocenters. The maximum atomic E-state index is 9.59. The fraction of sp³-hybridized carbons (Fsp3) is 0.0294. The molecule has 2 aliphatic rings. The molecule has 0 N–H and O–H groups in total. The van der Waals surface area contributed by atoms with Gasteiger partial charge < -0.3 is 0 Å². The summed E-state index contributed by atoms with van der Waals surface area (Å²) >= 11 is 2.38. The average molecular weight is 1160 g/mol. The molecule has 4 heterocycles. The number of pyridine rings is 1. The van der Waals surface area contributed by atoms with E-state index in [1.807, 2.05) is 150 Å². The number of ether oxygens (including phenoxy) is 1. The molecule has 0 bridgehead atoms. The van der Waals surface area contributed by atoms with Crippen LogP contribution in [0.1, 0.15) is 23.5 Å². The summed E-state index contributed by atoms with van der Waals surface area (Å²) in [5.74, 6) is 1.03. The second kappa shape index (κ2) is 18.7. The minimum absolute atomic E-state index is 0.249. The Hall–Kier alpha value is -9.03. The van der Waals surface area contributed by atoms with Crippen LogP contribution in [0.2, 0.25) is 0 Å². The molecule has 12 aromatic rings. The summed E-state index contributed by atoms with van der Waals surface area (Å²) in [5.41, 5.74) is 13.8. The van der Waals surface area contributed by atoms with E-state index in [1.54, 1.807) is 18.2 Å². The van der Waals surface area contributed by atoms with E-state index in [0.717, 1.165) is 65.2 Å². The molecule has 0 saturated carbocycles. The molecule has 0 radical (unpaired) electrons. The molecule has 0 saturated heterocycles. The number of aromatic nitrogens is 3. The SMILES string of the molecule is [2H]c1c([2H])c(C([2H])([2H])[2H])c([2H])c2c1B1N(c3ccc(-c4ccccc4)c(Oc4[c-]c(-n5[c](=[Pt])n(-c6c(-c7ccc(-c8ccccc8)cc7)cccc6-c6ccc(C([2H])([2H])[2H])cc6)c6ccccc65)ccc4)n3)c3[c-]cccc3N1c1ccccc1-2. The van der Waals surface area contributed by atoms with Gasteiger partial charge in [-0.05, 0) is 18.5 Å². The molecule has 0 fully saturated rings. The summed E-state index contributed by atoms with van der Waals surface area (Å²) in [5, 5.41) is 0. The first kappa shape index (κ1) is 36.8. The van der Waals surface area contributed by atoms with Crippen molar-refractivity contribution in [3.8, 4) is 78.6 Å². The zero-order chi connectivity index (χ0) is 58.5. The van der Waals surface area contributed by atoms with Crippen molar-refractivity contribution in [2.75, 3.05) is 9.62 Å². The third-order valence-corrected chi connectivity index (χ3v) is 15.2. The molecule has 76 heavy (non-hydrogen) atoms. The van der Waals surface area contributed by atoms with Crippen LogP contribution < -0.4 is 19.8 Å². The quantitative estimate of drug-likeness (QED) is 0.107. The summed E-state index contributed by atoms with van der Waals surface area (Å²) in [4.78, 5) is 9.33. The van der Waals surface area contributed by atoms with Gasteiger partial charge in [0.1, 0.15) is 0 Å². The van der Waals surface area contributed by atoms with Gasteiger partial charge >= 0.3 is 370 Å². The molecule has 0 spiro atoms. The molecular formula is C68H46BN5OPt-2. The third-order valence-electron chi connectivity index (χ3n) is 14.2. The van der Waals surface area contributed by atoms with E-state index in [4.69, 9.17) is 19.3 Å². The zero-order valence-corrected chi connectivity index (χ0v) is 42.7. The number of fused-ring (bicyclic) bond motifs is 9. The van der Waals surface area contributed by atoms with Gasteiger partial charge in [-0.15, -0.1) is 6.07 Å². The van der Waals surface area contributed by atoms with E-state index in [9.17, 15) is 2.74 Å². The van der Waals surface area contributed by atoms with Crippen LogP contribution in [0, 0.1) is 29.6 Å². The summed E-state index contributed by atoms with van der Waals surface area (Å²) in [6, 6.07) is 78.8. The van der Waals surface area contributed by atoms with Crippen molar-refractivity contribution in [2.45, 2.75) is 13.7 Å². The topological polar surface area (TPSA) is 38.5 Å². The molecular weight excluding hydrogens is 1110 g/mol. The van der Waals surface area contributed by atoms with Crippen molar-refractivity contribution in [1.82, 2.24) is 14.1 Å². The van der Waals surface area contributed by atoms with Crippen molar-refractivity contribution in [1.29, 1.82) is 0 Å². The maximum absolute atomic E-state index is 9.59. The van der Waals surface area contributed by atoms with E-state index in [1.165, 1.54) is 0 Å². The van der Waals surface area contributed by atoms with Crippen LogP contribution >= 0.6 is 0 Å². The zero-order valence-electron chi connectivity index (χ0n) is 49.4. The number of hydrogen-bond acceptors (Lipinski definition) is 4. The standard InChI is InChI=1S/C68H46BN5O.Pt/c1-46-31-34-51(35-32-46)55-24-16-25-56(52-38-36-49(37-39-52)48-17-5-3-6-18-48)67(55)72-45-71(62-27-11-12-28-63(62)72)53-21-15-22-54(44-53)75-68-57(50-19-7-4-8-20-50)40-42-66(70-68)74-65-30-14-13-29-64(65)73-61-26-10-9-23-58(61)59-43-47(2)33-41-60(59)69(73)74;/h3-29,31-43H,1-2H3;/q-2;/i1D3,2D3,33D,41D,43D;. The number of aryl methyl sites for hydroxylation is 1. The van der Waals surface area contributed by atoms with Gasteiger partial charge in [0.2, 0.25) is 0 Å². The van der Waals surface area contributed by atoms with Crippen molar-refractivity contribution < 1.29 is 36.4 Å². The van der Waals surface area contributed by atoms with Crippen LogP contribution in [0.3, 0.4) is 0 Å². The minimum atomic E-state index is -2.81. The number of para-hydroxylation sites is 5. The fourth-order valence-electron chi connectivity index (χ4n) is 10.8. The van der Waals surface area contributed by atoms with Crippen molar-refractivity contribution in [3.63, 3.8) is 0 Å². The van der Waals surface area contributed by atoms with E-state index in [2.05, 4.69) is 106 Å². The van der Waals surface area contributed by atoms with Crippen LogP contribution in [-0.2, 0) is 19.4 Å². The van der Waals surface area contributed by atoms with E-state index in [-0.39, 0.29) is 29.1 Å². The van der Waals surface area contributed by atoms with Gasteiger partial charge in [0.15, 0.2) is 0 Å². The van der Waals surface area contributed by atoms with Crippen LogP contribution in [0.15, 0.2) is 243 Å². The van der Waals surface area contributed by atoms with E-state index in [0.29, 0.717) is 45.2 Å². The molecule has 10 aromatic carbocycles. The van der Waals surface area contributed by atoms with Gasteiger partial charge in [-0.2, -0.15) is 12.1 Å². The Morgan fingerprint density at radius 3 is 1.89 bits per heavy atom. The third kappa shape index (κ3) is 7.69. The van der Waals surface area contributed by atoms with Crippen LogP contribution in [0.5, 0.6) is 11.6 Å². The Labute approximate surface area is 466 Å². The Balaban J connectivity index is 0.917. The second-order valence-electron chi connectivity index (χ2n) is 18.6. The first-order chi connectivity index (χ1) is 41.1. The Morgan fingerprint density at radius 2 is 1.13 bits per heavy atom. The van der Waals surface area contributed by atoms with Gasteiger partial charge in [0.25, 0.3) is 0 Å². The predicted octanol–water partition coefficient (Wildman–Crippen LogP) is 16.2. The van der Waals surface area contributed by atoms with Crippen LogP contribution in [0.25, 0.3) is 78.0 Å². The number of nitrogens with zero attached hydrogens (tertiary/aromatic N) is 5. The van der Waals surface area contributed by atoms with Crippen LogP contribution in [0.4, 0.5) is 22.9 Å². The molecule has 14 rings (SSSR count). The molecule has 0 aliphatic carbocycles. The number of rotatable bonds is 9. The number of hydrogen-bond donors (Lipinski definition) is 0. The fourth-order valence-corrected chi connectivity index (χ4v) is 11.9. The van der Waals surface area contributed by atoms with Gasteiger partial charge in [-0.1, -0.05) is 41.9 Å². The first-order valence-electron chi connectivity index (χ1n) is 29.3. The monoisotopic (exact) mass is 1160 g/mol. The summed E-state index contributed by atoms with van der Waals surface area (Å²) < 4.78 is 90.0. The van der Waals surface area contributed by atoms with Crippen LogP contribution in [-0.4, -0.2) is 21.1 Å². The predicted molar refractivity (Wildman–Crippen MR) is 307 cm³/mol. The number of benzene rings is 10. The van der Waals surface area contributed by atoms with Crippen molar-refractivity contribution in [3.05, 3.63) is 270 Å². The molecule has 364 valence electrons. The van der Waals surface area contributed by atoms with E-state index < -0.39 is 32.3 Å². The number of anilines is 4. The minimum Gasteiger partial charge on any atom is -0.175 e. The van der Waals surface area contributed by atoms with E-state index >= 15 is 0 Å². The Morgan fingerprint density at radius 1 is 0.513 bits per heavy atom. The Bertz CT molecular complexity index is 4690. The average Bonchev–Trinajstić information content (AvgIpc) is 2.02. The van der Waals surface area contributed by atoms with Gasteiger partial charge in [0, 0.05) is 15.4 Å². The first-order valence-corrected chi connectivity index (χ1v) is 26.0. The number of imidazole rings is 1. The Kier molecular flexibility index (Phi) is 9.07. The summed E-state index contributed by atoms with van der Waals surface area (Å²) in [6.07, 6.45) is 0. The summed E-state index contributed by atoms with van der Waals surface area (Å²) in [6.45, 7) is -5.96. The van der Waals surface area contributed by atoms with Gasteiger partial charge in [-0.25, -0.2) is 0 Å². The smallest absolute Gasteiger partial charge is 0.175 e. The van der Waals surface area contributed by atoms with Crippen molar-refractivity contribution >= 4 is 46.4 Å². The molecule has 2 aromatic heterocycles. The molecule has 8 heteroatoms. The summed E-state index contributed by atoms with van der Waals surface area (Å²) in [7, 11) is 0. The second-order valence-corrected chi connectivity index (χ2v) is 19.6. The normalized spacial score (nSPS) is 14.4. The van der Waals surface area contributed by atoms with Crippen molar-refractivity contribution in [2.24, 2.45) is 0 Å². The molecule has 0 atom stereocenters. The molecule has 6 nitrogen and oxygen atoms in total. The van der Waals surface area contributed by atoms with Gasteiger partial charge in [-0.3, -0.25) is 0 Å².